The van der Waals surface area contributed by atoms with Crippen molar-refractivity contribution in [2.75, 3.05) is 12.4 Å². The second-order valence-corrected chi connectivity index (χ2v) is 7.20. The number of nitrogens with one attached hydrogen (secondary N) is 2. The highest BCUT2D eigenvalue weighted by Crippen LogP contribution is 2.14. The number of hydrazone groups is 1. The largest absolute Gasteiger partial charge is 0.497 e. The summed E-state index contributed by atoms with van der Waals surface area (Å²) < 4.78 is 10.4. The molecule has 6 nitrogen and oxygen atoms in total. The third-order valence-corrected chi connectivity index (χ3v) is 4.51. The van der Waals surface area contributed by atoms with Gasteiger partial charge in [-0.1, -0.05) is 29.8 Å². The van der Waals surface area contributed by atoms with Crippen LogP contribution < -0.4 is 20.2 Å². The van der Waals surface area contributed by atoms with Crippen LogP contribution >= 0.6 is 12.2 Å². The van der Waals surface area contributed by atoms with E-state index in [1.54, 1.807) is 43.7 Å². The standard InChI is InChI=1S/C25H23N3O3S/c1-18-3-10-21(11-4-18)27-25(32)28-26-17-20-7-14-23(15-8-20)31-24(29)16-9-19-5-12-22(30-2)13-6-19/h3-17H,1-2H3,(H2,27,28,32)/b16-9+,26-17+. The maximum atomic E-state index is 12.0. The van der Waals surface area contributed by atoms with Gasteiger partial charge in [-0.05, 0) is 84.9 Å². The van der Waals surface area contributed by atoms with Gasteiger partial charge in [-0.15, -0.1) is 0 Å². The van der Waals surface area contributed by atoms with Gasteiger partial charge in [0.25, 0.3) is 0 Å². The Morgan fingerprint density at radius 2 is 1.53 bits per heavy atom. The Balaban J connectivity index is 1.46. The zero-order valence-corrected chi connectivity index (χ0v) is 18.6. The van der Waals surface area contributed by atoms with Crippen molar-refractivity contribution in [1.82, 2.24) is 5.43 Å². The van der Waals surface area contributed by atoms with Crippen LogP contribution in [0.4, 0.5) is 5.69 Å². The fourth-order valence-corrected chi connectivity index (χ4v) is 2.78. The number of methoxy groups -OCH3 is 1. The maximum absolute atomic E-state index is 12.0. The first-order valence-electron chi connectivity index (χ1n) is 9.82. The van der Waals surface area contributed by atoms with Gasteiger partial charge in [0.05, 0.1) is 13.3 Å². The van der Waals surface area contributed by atoms with Crippen LogP contribution in [-0.4, -0.2) is 24.4 Å². The molecule has 0 unspecified atom stereocenters. The zero-order valence-electron chi connectivity index (χ0n) is 17.7. The Morgan fingerprint density at radius 3 is 2.19 bits per heavy atom. The van der Waals surface area contributed by atoms with Gasteiger partial charge >= 0.3 is 5.97 Å². The van der Waals surface area contributed by atoms with Gasteiger partial charge in [0.15, 0.2) is 5.11 Å². The van der Waals surface area contributed by atoms with Crippen molar-refractivity contribution < 1.29 is 14.3 Å². The molecule has 0 heterocycles. The summed E-state index contributed by atoms with van der Waals surface area (Å²) in [5.74, 6) is 0.736. The van der Waals surface area contributed by atoms with Crippen LogP contribution in [0.15, 0.2) is 84.0 Å². The lowest BCUT2D eigenvalue weighted by Gasteiger charge is -2.07. The van der Waals surface area contributed by atoms with Crippen molar-refractivity contribution >= 4 is 41.3 Å². The molecule has 0 saturated heterocycles. The number of ether oxygens (including phenoxy) is 2. The molecule has 162 valence electrons. The Morgan fingerprint density at radius 1 is 0.906 bits per heavy atom. The maximum Gasteiger partial charge on any atom is 0.336 e. The minimum absolute atomic E-state index is 0.388. The second kappa shape index (κ2) is 11.4. The number of nitrogens with zero attached hydrogens (tertiary/aromatic N) is 1. The molecule has 0 aliphatic rings. The van der Waals surface area contributed by atoms with E-state index in [0.717, 1.165) is 22.6 Å². The molecule has 0 spiro atoms. The molecular formula is C25H23N3O3S. The highest BCUT2D eigenvalue weighted by Gasteiger charge is 2.01. The van der Waals surface area contributed by atoms with Gasteiger partial charge < -0.3 is 14.8 Å². The molecule has 0 aliphatic carbocycles. The van der Waals surface area contributed by atoms with Crippen molar-refractivity contribution in [2.24, 2.45) is 5.10 Å². The van der Waals surface area contributed by atoms with Gasteiger partial charge in [-0.2, -0.15) is 5.10 Å². The van der Waals surface area contributed by atoms with Gasteiger partial charge in [0.2, 0.25) is 0 Å². The van der Waals surface area contributed by atoms with Crippen LogP contribution in [0.3, 0.4) is 0 Å². The molecule has 0 bridgehead atoms. The number of hydrogen-bond donors (Lipinski definition) is 2. The summed E-state index contributed by atoms with van der Waals surface area (Å²) in [6, 6.07) is 22.2. The molecule has 3 aromatic carbocycles. The fraction of sp³-hybridized carbons (Fsp3) is 0.0800. The molecule has 0 atom stereocenters. The molecular weight excluding hydrogens is 422 g/mol. The van der Waals surface area contributed by atoms with Gasteiger partial charge in [0, 0.05) is 11.8 Å². The molecule has 0 fully saturated rings. The van der Waals surface area contributed by atoms with Crippen molar-refractivity contribution in [1.29, 1.82) is 0 Å². The average molecular weight is 446 g/mol. The molecule has 3 aromatic rings. The lowest BCUT2D eigenvalue weighted by Crippen LogP contribution is -2.23. The van der Waals surface area contributed by atoms with E-state index < -0.39 is 5.97 Å². The summed E-state index contributed by atoms with van der Waals surface area (Å²) in [7, 11) is 1.61. The molecule has 3 rings (SSSR count). The molecule has 7 heteroatoms. The second-order valence-electron chi connectivity index (χ2n) is 6.79. The van der Waals surface area contributed by atoms with Crippen LogP contribution in [-0.2, 0) is 4.79 Å². The molecule has 0 radical (unpaired) electrons. The smallest absolute Gasteiger partial charge is 0.336 e. The van der Waals surface area contributed by atoms with E-state index in [-0.39, 0.29) is 0 Å². The lowest BCUT2D eigenvalue weighted by atomic mass is 10.2. The summed E-state index contributed by atoms with van der Waals surface area (Å²) in [5, 5.41) is 7.55. The van der Waals surface area contributed by atoms with Crippen molar-refractivity contribution in [3.05, 3.63) is 95.6 Å². The van der Waals surface area contributed by atoms with E-state index >= 15 is 0 Å². The number of thiocarbonyl (C=S) groups is 1. The monoisotopic (exact) mass is 445 g/mol. The van der Waals surface area contributed by atoms with E-state index in [0.29, 0.717) is 10.9 Å². The number of hydrogen-bond acceptors (Lipinski definition) is 5. The summed E-state index contributed by atoms with van der Waals surface area (Å²) in [5.41, 5.74) is 6.52. The molecule has 0 aromatic heterocycles. The first-order valence-corrected chi connectivity index (χ1v) is 10.2. The fourth-order valence-electron chi connectivity index (χ4n) is 2.61. The van der Waals surface area contributed by atoms with E-state index in [4.69, 9.17) is 21.7 Å². The predicted molar refractivity (Wildman–Crippen MR) is 132 cm³/mol. The Labute approximate surface area is 192 Å². The van der Waals surface area contributed by atoms with Gasteiger partial charge in [-0.3, -0.25) is 5.43 Å². The van der Waals surface area contributed by atoms with E-state index in [1.807, 2.05) is 55.5 Å². The zero-order chi connectivity index (χ0) is 22.8. The lowest BCUT2D eigenvalue weighted by molar-refractivity contribution is -0.128. The number of anilines is 1. The van der Waals surface area contributed by atoms with Crippen molar-refractivity contribution in [3.8, 4) is 11.5 Å². The van der Waals surface area contributed by atoms with Crippen LogP contribution in [0.25, 0.3) is 6.08 Å². The topological polar surface area (TPSA) is 72.0 Å². The third-order valence-electron chi connectivity index (χ3n) is 4.32. The summed E-state index contributed by atoms with van der Waals surface area (Å²) in [6.07, 6.45) is 4.68. The van der Waals surface area contributed by atoms with E-state index in [2.05, 4.69) is 15.8 Å². The summed E-state index contributed by atoms with van der Waals surface area (Å²) in [4.78, 5) is 12.0. The highest BCUT2D eigenvalue weighted by atomic mass is 32.1. The molecule has 2 N–H and O–H groups in total. The number of benzene rings is 3. The first kappa shape index (κ1) is 22.7. The van der Waals surface area contributed by atoms with Crippen LogP contribution in [0.2, 0.25) is 0 Å². The van der Waals surface area contributed by atoms with Crippen LogP contribution in [0, 0.1) is 6.92 Å². The summed E-state index contributed by atoms with van der Waals surface area (Å²) in [6.45, 7) is 2.02. The van der Waals surface area contributed by atoms with Crippen molar-refractivity contribution in [2.45, 2.75) is 6.92 Å². The number of esters is 1. The van der Waals surface area contributed by atoms with Gasteiger partial charge in [-0.25, -0.2) is 4.79 Å². The molecule has 0 amide bonds. The SMILES string of the molecule is COc1ccc(/C=C/C(=O)Oc2ccc(/C=N/NC(=S)Nc3ccc(C)cc3)cc2)cc1. The van der Waals surface area contributed by atoms with Crippen LogP contribution in [0.5, 0.6) is 11.5 Å². The predicted octanol–water partition coefficient (Wildman–Crippen LogP) is 4.94. The first-order chi connectivity index (χ1) is 15.5. The number of carbonyl (C=O) groups is 1. The normalized spacial score (nSPS) is 10.8. The Bertz CT molecular complexity index is 1110. The van der Waals surface area contributed by atoms with Crippen molar-refractivity contribution in [3.63, 3.8) is 0 Å². The molecule has 0 saturated carbocycles. The summed E-state index contributed by atoms with van der Waals surface area (Å²) >= 11 is 5.22. The number of aryl methyl sites for hydroxylation is 1. The van der Waals surface area contributed by atoms with Gasteiger partial charge in [0.1, 0.15) is 11.5 Å². The minimum Gasteiger partial charge on any atom is -0.497 e. The number of rotatable bonds is 7. The Kier molecular flexibility index (Phi) is 8.11. The Hall–Kier alpha value is -3.97. The molecule has 0 aliphatic heterocycles. The number of carbonyl (C=O) groups excluding carboxylic acids is 1. The van der Waals surface area contributed by atoms with Crippen LogP contribution in [0.1, 0.15) is 16.7 Å². The average Bonchev–Trinajstić information content (AvgIpc) is 2.81. The third kappa shape index (κ3) is 7.37. The van der Waals surface area contributed by atoms with E-state index in [9.17, 15) is 4.79 Å². The minimum atomic E-state index is -0.462. The van der Waals surface area contributed by atoms with E-state index in [1.165, 1.54) is 11.6 Å². The quantitative estimate of drug-likeness (QED) is 0.134. The molecule has 32 heavy (non-hydrogen) atoms. The highest BCUT2D eigenvalue weighted by molar-refractivity contribution is 7.80.